The normalized spacial score (nSPS) is 10.7. The van der Waals surface area contributed by atoms with Gasteiger partial charge in [0, 0.05) is 6.42 Å². The first-order valence-electron chi connectivity index (χ1n) is 7.70. The van der Waals surface area contributed by atoms with Crippen LogP contribution in [0, 0.1) is 0 Å². The number of phenols is 1. The van der Waals surface area contributed by atoms with Gasteiger partial charge in [-0.25, -0.2) is 0 Å². The molecule has 3 nitrogen and oxygen atoms in total. The molecule has 1 amide bonds. The molecule has 3 N–H and O–H groups in total. The Hall–Kier alpha value is -1.51. The van der Waals surface area contributed by atoms with E-state index in [1.54, 1.807) is 0 Å². The van der Waals surface area contributed by atoms with E-state index in [2.05, 4.69) is 13.8 Å². The molecule has 0 bridgehead atoms. The van der Waals surface area contributed by atoms with Gasteiger partial charge in [-0.1, -0.05) is 38.8 Å². The van der Waals surface area contributed by atoms with Crippen LogP contribution in [0.1, 0.15) is 62.6 Å². The van der Waals surface area contributed by atoms with E-state index in [-0.39, 0.29) is 5.91 Å². The topological polar surface area (TPSA) is 63.3 Å². The van der Waals surface area contributed by atoms with Gasteiger partial charge in [-0.15, -0.1) is 0 Å². The molecule has 1 rings (SSSR count). The summed E-state index contributed by atoms with van der Waals surface area (Å²) in [5.41, 5.74) is 8.36. The highest BCUT2D eigenvalue weighted by Gasteiger charge is 2.10. The zero-order valence-corrected chi connectivity index (χ0v) is 12.7. The lowest BCUT2D eigenvalue weighted by atomic mass is 9.95. The smallest absolute Gasteiger partial charge is 0.217 e. The zero-order valence-electron chi connectivity index (χ0n) is 12.7. The Labute approximate surface area is 122 Å². The van der Waals surface area contributed by atoms with Crippen LogP contribution in [0.4, 0.5) is 0 Å². The number of hydrogen-bond donors (Lipinski definition) is 2. The Morgan fingerprint density at radius 1 is 1.05 bits per heavy atom. The summed E-state index contributed by atoms with van der Waals surface area (Å²) in [6.45, 7) is 4.29. The van der Waals surface area contributed by atoms with Gasteiger partial charge in [0.15, 0.2) is 0 Å². The van der Waals surface area contributed by atoms with E-state index in [9.17, 15) is 9.90 Å². The SMILES string of the molecule is CCCCc1cc(CCC(N)=O)cc(CCCC)c1O. The van der Waals surface area contributed by atoms with Crippen LogP contribution < -0.4 is 5.73 Å². The Bertz CT molecular complexity index is 412. The first kappa shape index (κ1) is 16.5. The summed E-state index contributed by atoms with van der Waals surface area (Å²) in [6, 6.07) is 4.06. The summed E-state index contributed by atoms with van der Waals surface area (Å²) in [4.78, 5) is 10.9. The number of benzene rings is 1. The number of amides is 1. The third-order valence-electron chi connectivity index (χ3n) is 3.59. The number of aromatic hydroxyl groups is 1. The van der Waals surface area contributed by atoms with E-state index < -0.39 is 0 Å². The predicted molar refractivity (Wildman–Crippen MR) is 82.8 cm³/mol. The summed E-state index contributed by atoms with van der Waals surface area (Å²) in [6.07, 6.45) is 7.17. The lowest BCUT2D eigenvalue weighted by Gasteiger charge is -2.13. The van der Waals surface area contributed by atoms with Crippen molar-refractivity contribution < 1.29 is 9.90 Å². The number of unbranched alkanes of at least 4 members (excludes halogenated alkanes) is 2. The van der Waals surface area contributed by atoms with Gasteiger partial charge in [-0.2, -0.15) is 0 Å². The first-order valence-corrected chi connectivity index (χ1v) is 7.70. The van der Waals surface area contributed by atoms with Crippen LogP contribution in [-0.2, 0) is 24.1 Å². The van der Waals surface area contributed by atoms with Crippen molar-refractivity contribution in [1.29, 1.82) is 0 Å². The fourth-order valence-electron chi connectivity index (χ4n) is 2.36. The molecule has 0 atom stereocenters. The minimum atomic E-state index is -0.275. The van der Waals surface area contributed by atoms with Crippen LogP contribution in [0.2, 0.25) is 0 Å². The molecule has 1 aromatic rings. The van der Waals surface area contributed by atoms with Gasteiger partial charge in [0.2, 0.25) is 5.91 Å². The van der Waals surface area contributed by atoms with Crippen molar-refractivity contribution >= 4 is 5.91 Å². The fourth-order valence-corrected chi connectivity index (χ4v) is 2.36. The monoisotopic (exact) mass is 277 g/mol. The summed E-state index contributed by atoms with van der Waals surface area (Å²) in [5.74, 6) is 0.179. The molecule has 0 unspecified atom stereocenters. The highest BCUT2D eigenvalue weighted by molar-refractivity contribution is 5.74. The molecular formula is C17H27NO2. The van der Waals surface area contributed by atoms with Gasteiger partial charge in [0.05, 0.1) is 0 Å². The van der Waals surface area contributed by atoms with E-state index in [1.807, 2.05) is 12.1 Å². The molecule has 0 aromatic heterocycles. The lowest BCUT2D eigenvalue weighted by molar-refractivity contribution is -0.117. The van der Waals surface area contributed by atoms with Crippen molar-refractivity contribution in [3.63, 3.8) is 0 Å². The average Bonchev–Trinajstić information content (AvgIpc) is 2.43. The molecule has 0 saturated heterocycles. The number of hydrogen-bond acceptors (Lipinski definition) is 2. The highest BCUT2D eigenvalue weighted by atomic mass is 16.3. The third-order valence-corrected chi connectivity index (χ3v) is 3.59. The van der Waals surface area contributed by atoms with E-state index in [4.69, 9.17) is 5.73 Å². The molecule has 0 heterocycles. The van der Waals surface area contributed by atoms with Crippen molar-refractivity contribution in [2.75, 3.05) is 0 Å². The Kier molecular flexibility index (Phi) is 7.13. The highest BCUT2D eigenvalue weighted by Crippen LogP contribution is 2.28. The van der Waals surface area contributed by atoms with Crippen molar-refractivity contribution in [1.82, 2.24) is 0 Å². The van der Waals surface area contributed by atoms with Gasteiger partial charge in [0.25, 0.3) is 0 Å². The maximum absolute atomic E-state index is 10.9. The summed E-state index contributed by atoms with van der Waals surface area (Å²) >= 11 is 0. The number of carbonyl (C=O) groups excluding carboxylic acids is 1. The van der Waals surface area contributed by atoms with E-state index in [0.29, 0.717) is 18.6 Å². The first-order chi connectivity index (χ1) is 9.58. The van der Waals surface area contributed by atoms with Crippen LogP contribution in [-0.4, -0.2) is 11.0 Å². The number of primary amides is 1. The second kappa shape index (κ2) is 8.62. The molecule has 0 spiro atoms. The molecule has 0 saturated carbocycles. The van der Waals surface area contributed by atoms with E-state index in [0.717, 1.165) is 55.2 Å². The van der Waals surface area contributed by atoms with Gasteiger partial charge in [-0.05, 0) is 48.8 Å². The van der Waals surface area contributed by atoms with E-state index >= 15 is 0 Å². The standard InChI is InChI=1S/C17H27NO2/c1-3-5-7-14-11-13(9-10-16(18)19)12-15(17(14)20)8-6-4-2/h11-12,20H,3-10H2,1-2H3,(H2,18,19). The molecule has 0 radical (unpaired) electrons. The minimum Gasteiger partial charge on any atom is -0.507 e. The number of phenolic OH excluding ortho intramolecular Hbond substituents is 1. The molecule has 112 valence electrons. The van der Waals surface area contributed by atoms with Crippen LogP contribution in [0.15, 0.2) is 12.1 Å². The quantitative estimate of drug-likeness (QED) is 0.725. The van der Waals surface area contributed by atoms with Crippen molar-refractivity contribution in [2.24, 2.45) is 5.73 Å². The Morgan fingerprint density at radius 2 is 1.55 bits per heavy atom. The number of nitrogens with two attached hydrogens (primary N) is 1. The number of aryl methyl sites for hydroxylation is 3. The molecule has 0 aliphatic carbocycles. The molecule has 0 fully saturated rings. The summed E-state index contributed by atoms with van der Waals surface area (Å²) < 4.78 is 0. The second-order valence-corrected chi connectivity index (χ2v) is 5.44. The van der Waals surface area contributed by atoms with Crippen LogP contribution >= 0.6 is 0 Å². The fraction of sp³-hybridized carbons (Fsp3) is 0.588. The number of rotatable bonds is 9. The minimum absolute atomic E-state index is 0.275. The van der Waals surface area contributed by atoms with Crippen LogP contribution in [0.25, 0.3) is 0 Å². The molecule has 1 aromatic carbocycles. The Balaban J connectivity index is 2.95. The summed E-state index contributed by atoms with van der Waals surface area (Å²) in [5, 5.41) is 10.4. The zero-order chi connectivity index (χ0) is 15.0. The molecule has 0 aliphatic heterocycles. The summed E-state index contributed by atoms with van der Waals surface area (Å²) in [7, 11) is 0. The Morgan fingerprint density at radius 3 is 1.95 bits per heavy atom. The molecule has 3 heteroatoms. The molecule has 0 aliphatic rings. The molecular weight excluding hydrogens is 250 g/mol. The van der Waals surface area contributed by atoms with Crippen LogP contribution in [0.3, 0.4) is 0 Å². The predicted octanol–water partition coefficient (Wildman–Crippen LogP) is 3.50. The largest absolute Gasteiger partial charge is 0.507 e. The van der Waals surface area contributed by atoms with Crippen molar-refractivity contribution in [2.45, 2.75) is 65.2 Å². The maximum atomic E-state index is 10.9. The maximum Gasteiger partial charge on any atom is 0.217 e. The molecule has 20 heavy (non-hydrogen) atoms. The number of carbonyl (C=O) groups is 1. The van der Waals surface area contributed by atoms with Crippen molar-refractivity contribution in [3.05, 3.63) is 28.8 Å². The van der Waals surface area contributed by atoms with Crippen LogP contribution in [0.5, 0.6) is 5.75 Å². The average molecular weight is 277 g/mol. The van der Waals surface area contributed by atoms with Crippen molar-refractivity contribution in [3.8, 4) is 5.75 Å². The second-order valence-electron chi connectivity index (χ2n) is 5.44. The third kappa shape index (κ3) is 5.24. The van der Waals surface area contributed by atoms with Gasteiger partial charge in [-0.3, -0.25) is 4.79 Å². The lowest BCUT2D eigenvalue weighted by Crippen LogP contribution is -2.11. The van der Waals surface area contributed by atoms with E-state index in [1.165, 1.54) is 0 Å². The van der Waals surface area contributed by atoms with Gasteiger partial charge < -0.3 is 10.8 Å². The van der Waals surface area contributed by atoms with Gasteiger partial charge >= 0.3 is 0 Å². The van der Waals surface area contributed by atoms with Gasteiger partial charge in [0.1, 0.15) is 5.75 Å².